The highest BCUT2D eigenvalue weighted by Crippen LogP contribution is 2.13. The van der Waals surface area contributed by atoms with Gasteiger partial charge in [-0.15, -0.1) is 0 Å². The number of aryl methyl sites for hydroxylation is 1. The van der Waals surface area contributed by atoms with Gasteiger partial charge in [-0.25, -0.2) is 13.1 Å². The van der Waals surface area contributed by atoms with E-state index in [0.29, 0.717) is 6.54 Å². The average Bonchev–Trinajstić information content (AvgIpc) is 2.72. The molecule has 7 heteroatoms. The summed E-state index contributed by atoms with van der Waals surface area (Å²) in [4.78, 5) is 16.3. The molecule has 1 amide bonds. The lowest BCUT2D eigenvalue weighted by molar-refractivity contribution is 0.0950. The van der Waals surface area contributed by atoms with E-state index in [9.17, 15) is 13.2 Å². The minimum Gasteiger partial charge on any atom is -0.348 e. The summed E-state index contributed by atoms with van der Waals surface area (Å²) in [6, 6.07) is 17.2. The molecule has 3 rings (SSSR count). The molecule has 0 spiro atoms. The monoisotopic (exact) mass is 395 g/mol. The van der Waals surface area contributed by atoms with E-state index >= 15 is 0 Å². The molecule has 144 valence electrons. The van der Waals surface area contributed by atoms with Crippen LogP contribution in [0.4, 0.5) is 0 Å². The molecule has 2 aromatic carbocycles. The van der Waals surface area contributed by atoms with Crippen LogP contribution in [0.15, 0.2) is 78.0 Å². The first-order chi connectivity index (χ1) is 13.4. The Labute approximate surface area is 164 Å². The van der Waals surface area contributed by atoms with Crippen LogP contribution in [0.2, 0.25) is 0 Å². The summed E-state index contributed by atoms with van der Waals surface area (Å²) in [7, 11) is -3.73. The number of amides is 1. The number of sulfonamides is 1. The molecule has 0 atom stereocenters. The minimum absolute atomic E-state index is 0.0520. The molecule has 0 aliphatic carbocycles. The van der Waals surface area contributed by atoms with Gasteiger partial charge in [0.25, 0.3) is 5.91 Å². The fourth-order valence-electron chi connectivity index (χ4n) is 2.56. The number of nitrogens with zero attached hydrogens (tertiary/aromatic N) is 1. The number of benzene rings is 2. The predicted octanol–water partition coefficient (Wildman–Crippen LogP) is 2.80. The normalized spacial score (nSPS) is 11.2. The molecule has 1 heterocycles. The standard InChI is InChI=1S/C21H21N3O3S/c1-16-5-7-17(8-6-16)15-24-28(26,27)20-4-2-3-19(13-20)21(25)23-14-18-9-11-22-12-10-18/h2-13,24H,14-15H2,1H3,(H,23,25). The van der Waals surface area contributed by atoms with Crippen LogP contribution in [0, 0.1) is 6.92 Å². The van der Waals surface area contributed by atoms with Gasteiger partial charge in [-0.3, -0.25) is 9.78 Å². The summed E-state index contributed by atoms with van der Waals surface area (Å²) >= 11 is 0. The minimum atomic E-state index is -3.73. The van der Waals surface area contributed by atoms with Gasteiger partial charge < -0.3 is 5.32 Å². The molecule has 0 radical (unpaired) electrons. The van der Waals surface area contributed by atoms with Gasteiger partial charge in [0.05, 0.1) is 4.90 Å². The molecule has 0 saturated carbocycles. The summed E-state index contributed by atoms with van der Waals surface area (Å²) in [6.45, 7) is 2.49. The van der Waals surface area contributed by atoms with Crippen LogP contribution >= 0.6 is 0 Å². The Balaban J connectivity index is 1.67. The Hall–Kier alpha value is -3.03. The van der Waals surface area contributed by atoms with Gasteiger partial charge in [-0.05, 0) is 48.4 Å². The van der Waals surface area contributed by atoms with Crippen LogP contribution < -0.4 is 10.0 Å². The van der Waals surface area contributed by atoms with Crippen LogP contribution in [0.1, 0.15) is 27.0 Å². The maximum Gasteiger partial charge on any atom is 0.251 e. The van der Waals surface area contributed by atoms with Gasteiger partial charge >= 0.3 is 0 Å². The fourth-order valence-corrected chi connectivity index (χ4v) is 3.62. The first-order valence-corrected chi connectivity index (χ1v) is 10.2. The van der Waals surface area contributed by atoms with E-state index in [4.69, 9.17) is 0 Å². The molecule has 0 aliphatic heterocycles. The van der Waals surface area contributed by atoms with Gasteiger partial charge in [-0.2, -0.15) is 0 Å². The Morgan fingerprint density at radius 3 is 2.32 bits per heavy atom. The molecule has 0 saturated heterocycles. The lowest BCUT2D eigenvalue weighted by Crippen LogP contribution is -2.25. The number of hydrogen-bond acceptors (Lipinski definition) is 4. The SMILES string of the molecule is Cc1ccc(CNS(=O)(=O)c2cccc(C(=O)NCc3ccncc3)c2)cc1. The number of nitrogens with one attached hydrogen (secondary N) is 2. The van der Waals surface area contributed by atoms with Crippen molar-refractivity contribution in [1.29, 1.82) is 0 Å². The van der Waals surface area contributed by atoms with Crippen molar-refractivity contribution < 1.29 is 13.2 Å². The van der Waals surface area contributed by atoms with Gasteiger partial charge in [0, 0.05) is 31.0 Å². The van der Waals surface area contributed by atoms with Crippen molar-refractivity contribution in [2.75, 3.05) is 0 Å². The van der Waals surface area contributed by atoms with Crippen molar-refractivity contribution in [3.63, 3.8) is 0 Å². The summed E-state index contributed by atoms with van der Waals surface area (Å²) < 4.78 is 27.7. The lowest BCUT2D eigenvalue weighted by atomic mass is 10.2. The van der Waals surface area contributed by atoms with E-state index in [2.05, 4.69) is 15.0 Å². The van der Waals surface area contributed by atoms with E-state index in [0.717, 1.165) is 16.7 Å². The summed E-state index contributed by atoms with van der Waals surface area (Å²) in [5.74, 6) is -0.340. The van der Waals surface area contributed by atoms with Gasteiger partial charge in [0.15, 0.2) is 0 Å². The van der Waals surface area contributed by atoms with Crippen molar-refractivity contribution in [3.8, 4) is 0 Å². The van der Waals surface area contributed by atoms with Gasteiger partial charge in [0.1, 0.15) is 0 Å². The first kappa shape index (κ1) is 19.7. The highest BCUT2D eigenvalue weighted by molar-refractivity contribution is 7.89. The third kappa shape index (κ3) is 5.25. The summed E-state index contributed by atoms with van der Waals surface area (Å²) in [5, 5.41) is 2.78. The second kappa shape index (κ2) is 8.77. The van der Waals surface area contributed by atoms with E-state index < -0.39 is 10.0 Å². The van der Waals surface area contributed by atoms with E-state index in [1.807, 2.05) is 31.2 Å². The van der Waals surface area contributed by atoms with E-state index in [1.165, 1.54) is 12.1 Å². The molecule has 1 aromatic heterocycles. The van der Waals surface area contributed by atoms with Crippen LogP contribution in [0.5, 0.6) is 0 Å². The van der Waals surface area contributed by atoms with Gasteiger partial charge in [0.2, 0.25) is 10.0 Å². The third-order valence-electron chi connectivity index (χ3n) is 4.20. The quantitative estimate of drug-likeness (QED) is 0.644. The molecule has 0 bridgehead atoms. The molecule has 0 unspecified atom stereocenters. The number of rotatable bonds is 7. The highest BCUT2D eigenvalue weighted by atomic mass is 32.2. The van der Waals surface area contributed by atoms with Crippen LogP contribution in [0.25, 0.3) is 0 Å². The maximum absolute atomic E-state index is 12.6. The summed E-state index contributed by atoms with van der Waals surface area (Å²) in [5.41, 5.74) is 3.16. The second-order valence-electron chi connectivity index (χ2n) is 6.38. The van der Waals surface area contributed by atoms with Crippen molar-refractivity contribution in [3.05, 3.63) is 95.3 Å². The maximum atomic E-state index is 12.6. The zero-order chi connectivity index (χ0) is 20.0. The van der Waals surface area contributed by atoms with E-state index in [-0.39, 0.29) is 22.9 Å². The van der Waals surface area contributed by atoms with Crippen molar-refractivity contribution in [2.24, 2.45) is 0 Å². The van der Waals surface area contributed by atoms with Crippen molar-refractivity contribution >= 4 is 15.9 Å². The van der Waals surface area contributed by atoms with Crippen molar-refractivity contribution in [2.45, 2.75) is 24.9 Å². The number of aromatic nitrogens is 1. The van der Waals surface area contributed by atoms with Crippen molar-refractivity contribution in [1.82, 2.24) is 15.0 Å². The summed E-state index contributed by atoms with van der Waals surface area (Å²) in [6.07, 6.45) is 3.29. The number of pyridine rings is 1. The first-order valence-electron chi connectivity index (χ1n) is 8.76. The zero-order valence-electron chi connectivity index (χ0n) is 15.4. The Morgan fingerprint density at radius 1 is 0.929 bits per heavy atom. The molecular weight excluding hydrogens is 374 g/mol. The molecule has 0 fully saturated rings. The van der Waals surface area contributed by atoms with Crippen LogP contribution in [-0.2, 0) is 23.1 Å². The Kier molecular flexibility index (Phi) is 6.18. The van der Waals surface area contributed by atoms with Crippen LogP contribution in [0.3, 0.4) is 0 Å². The zero-order valence-corrected chi connectivity index (χ0v) is 16.2. The smallest absolute Gasteiger partial charge is 0.251 e. The predicted molar refractivity (Wildman–Crippen MR) is 107 cm³/mol. The Bertz CT molecular complexity index is 1050. The average molecular weight is 395 g/mol. The fraction of sp³-hybridized carbons (Fsp3) is 0.143. The molecule has 3 aromatic rings. The molecule has 28 heavy (non-hydrogen) atoms. The highest BCUT2D eigenvalue weighted by Gasteiger charge is 2.16. The van der Waals surface area contributed by atoms with E-state index in [1.54, 1.807) is 36.7 Å². The molecular formula is C21H21N3O3S. The molecule has 6 nitrogen and oxygen atoms in total. The molecule has 2 N–H and O–H groups in total. The second-order valence-corrected chi connectivity index (χ2v) is 8.14. The Morgan fingerprint density at radius 2 is 1.61 bits per heavy atom. The topological polar surface area (TPSA) is 88.2 Å². The third-order valence-corrected chi connectivity index (χ3v) is 5.59. The molecule has 0 aliphatic rings. The lowest BCUT2D eigenvalue weighted by Gasteiger charge is -2.09. The van der Waals surface area contributed by atoms with Gasteiger partial charge in [-0.1, -0.05) is 35.9 Å². The number of carbonyl (C=O) groups excluding carboxylic acids is 1. The number of carbonyl (C=O) groups is 1. The van der Waals surface area contributed by atoms with Crippen LogP contribution in [-0.4, -0.2) is 19.3 Å². The largest absolute Gasteiger partial charge is 0.348 e. The number of hydrogen-bond donors (Lipinski definition) is 2.